The van der Waals surface area contributed by atoms with Gasteiger partial charge in [0.1, 0.15) is 11.6 Å². The van der Waals surface area contributed by atoms with Crippen LogP contribution in [-0.2, 0) is 19.1 Å². The molecule has 0 saturated heterocycles. The van der Waals surface area contributed by atoms with E-state index in [-0.39, 0.29) is 18.0 Å². The second-order valence-electron chi connectivity index (χ2n) is 9.23. The number of hydrogen-bond donors (Lipinski definition) is 0. The van der Waals surface area contributed by atoms with Crippen molar-refractivity contribution in [1.29, 1.82) is 0 Å². The SMILES string of the molecule is CCCCCCCC(=O)CCC1C(CI)CC(=O)C1CC=CCCCC(=O)OC(C)C. The molecule has 1 rings (SSSR count). The fraction of sp³-hybridized carbons (Fsp3) is 0.808. The standard InChI is InChI=1S/C26H43IO4/c1-4-5-6-7-10-13-22(28)16-17-23-21(19-27)18-25(29)24(23)14-11-8-9-12-15-26(30)31-20(2)3/h8,11,20-21,23-24H,4-7,9-10,12-19H2,1-3H3. The normalized spacial score (nSPS) is 21.3. The monoisotopic (exact) mass is 546 g/mol. The molecule has 5 heteroatoms. The zero-order valence-electron chi connectivity index (χ0n) is 19.9. The Morgan fingerprint density at radius 1 is 1.06 bits per heavy atom. The van der Waals surface area contributed by atoms with Crippen LogP contribution in [-0.4, -0.2) is 28.1 Å². The Kier molecular flexibility index (Phi) is 15.4. The van der Waals surface area contributed by atoms with Gasteiger partial charge in [0.15, 0.2) is 0 Å². The summed E-state index contributed by atoms with van der Waals surface area (Å²) in [6.07, 6.45) is 15.6. The van der Waals surface area contributed by atoms with E-state index in [1.165, 1.54) is 19.3 Å². The van der Waals surface area contributed by atoms with Gasteiger partial charge in [-0.25, -0.2) is 0 Å². The smallest absolute Gasteiger partial charge is 0.306 e. The lowest BCUT2D eigenvalue weighted by Crippen LogP contribution is -2.19. The number of ether oxygens (including phenoxy) is 1. The molecule has 0 aliphatic heterocycles. The van der Waals surface area contributed by atoms with E-state index in [1.54, 1.807) is 0 Å². The number of hydrogen-bond acceptors (Lipinski definition) is 4. The number of Topliss-reactive ketones (excluding diaryl/α,β-unsaturated/α-hetero) is 2. The Hall–Kier alpha value is -0.720. The van der Waals surface area contributed by atoms with Crippen molar-refractivity contribution < 1.29 is 19.1 Å². The average Bonchev–Trinajstić information content (AvgIpc) is 3.02. The van der Waals surface area contributed by atoms with Crippen molar-refractivity contribution in [3.05, 3.63) is 12.2 Å². The summed E-state index contributed by atoms with van der Waals surface area (Å²) in [5, 5.41) is 0. The molecule has 0 aromatic rings. The zero-order chi connectivity index (χ0) is 23.1. The summed E-state index contributed by atoms with van der Waals surface area (Å²) in [5.41, 5.74) is 0. The van der Waals surface area contributed by atoms with E-state index in [4.69, 9.17) is 4.74 Å². The quantitative estimate of drug-likeness (QED) is 0.0647. The first-order valence-corrected chi connectivity index (χ1v) is 13.9. The average molecular weight is 547 g/mol. The van der Waals surface area contributed by atoms with Gasteiger partial charge in [-0.3, -0.25) is 14.4 Å². The van der Waals surface area contributed by atoms with Crippen LogP contribution < -0.4 is 0 Å². The summed E-state index contributed by atoms with van der Waals surface area (Å²) in [4.78, 5) is 36.5. The summed E-state index contributed by atoms with van der Waals surface area (Å²) in [7, 11) is 0. The third-order valence-corrected chi connectivity index (χ3v) is 7.32. The van der Waals surface area contributed by atoms with Crippen LogP contribution in [0.1, 0.15) is 104 Å². The maximum Gasteiger partial charge on any atom is 0.306 e. The minimum Gasteiger partial charge on any atom is -0.463 e. The number of unbranched alkanes of at least 4 members (excludes halogenated alkanes) is 5. The van der Waals surface area contributed by atoms with Crippen LogP contribution in [0.5, 0.6) is 0 Å². The molecular weight excluding hydrogens is 503 g/mol. The second kappa shape index (κ2) is 16.8. The summed E-state index contributed by atoms with van der Waals surface area (Å²) in [5.74, 6) is 1.39. The fourth-order valence-electron chi connectivity index (χ4n) is 4.47. The van der Waals surface area contributed by atoms with E-state index in [2.05, 4.69) is 41.7 Å². The Labute approximate surface area is 203 Å². The highest BCUT2D eigenvalue weighted by atomic mass is 127. The van der Waals surface area contributed by atoms with Gasteiger partial charge in [-0.05, 0) is 57.8 Å². The summed E-state index contributed by atoms with van der Waals surface area (Å²) < 4.78 is 6.13. The molecule has 0 aromatic heterocycles. The second-order valence-corrected chi connectivity index (χ2v) is 10.1. The number of ketones is 2. The molecule has 0 amide bonds. The molecule has 1 saturated carbocycles. The number of carbonyl (C=O) groups excluding carboxylic acids is 3. The van der Waals surface area contributed by atoms with Crippen LogP contribution in [0.3, 0.4) is 0 Å². The molecule has 31 heavy (non-hydrogen) atoms. The third-order valence-electron chi connectivity index (χ3n) is 6.19. The lowest BCUT2D eigenvalue weighted by Gasteiger charge is -2.21. The Morgan fingerprint density at radius 2 is 1.81 bits per heavy atom. The molecule has 178 valence electrons. The predicted molar refractivity (Wildman–Crippen MR) is 135 cm³/mol. The molecule has 4 nitrogen and oxygen atoms in total. The highest BCUT2D eigenvalue weighted by molar-refractivity contribution is 14.1. The van der Waals surface area contributed by atoms with Gasteiger partial charge in [0, 0.05) is 36.0 Å². The predicted octanol–water partition coefficient (Wildman–Crippen LogP) is 7.02. The summed E-state index contributed by atoms with van der Waals surface area (Å²) in [6.45, 7) is 5.92. The molecule has 1 fully saturated rings. The third kappa shape index (κ3) is 12.2. The number of alkyl halides is 1. The lowest BCUT2D eigenvalue weighted by atomic mass is 9.83. The van der Waals surface area contributed by atoms with Crippen LogP contribution in [0.15, 0.2) is 12.2 Å². The maximum atomic E-state index is 12.6. The van der Waals surface area contributed by atoms with Gasteiger partial charge in [-0.2, -0.15) is 0 Å². The van der Waals surface area contributed by atoms with Crippen LogP contribution >= 0.6 is 22.6 Å². The van der Waals surface area contributed by atoms with Crippen molar-refractivity contribution in [3.8, 4) is 0 Å². The van der Waals surface area contributed by atoms with Crippen molar-refractivity contribution >= 4 is 40.1 Å². The summed E-state index contributed by atoms with van der Waals surface area (Å²) in [6, 6.07) is 0. The molecule has 0 heterocycles. The topological polar surface area (TPSA) is 60.4 Å². The lowest BCUT2D eigenvalue weighted by molar-refractivity contribution is -0.147. The van der Waals surface area contributed by atoms with Gasteiger partial charge < -0.3 is 4.74 Å². The fourth-order valence-corrected chi connectivity index (χ4v) is 5.43. The van der Waals surface area contributed by atoms with Crippen LogP contribution in [0.25, 0.3) is 0 Å². The minimum absolute atomic E-state index is 0.0549. The molecular formula is C26H43IO4. The van der Waals surface area contributed by atoms with E-state index in [0.717, 1.165) is 43.0 Å². The number of rotatable bonds is 17. The van der Waals surface area contributed by atoms with Crippen molar-refractivity contribution in [1.82, 2.24) is 0 Å². The van der Waals surface area contributed by atoms with Gasteiger partial charge in [0.25, 0.3) is 0 Å². The van der Waals surface area contributed by atoms with Gasteiger partial charge in [0.05, 0.1) is 6.10 Å². The molecule has 1 aliphatic carbocycles. The van der Waals surface area contributed by atoms with Crippen molar-refractivity contribution in [2.45, 2.75) is 110 Å². The first-order valence-electron chi connectivity index (χ1n) is 12.3. The van der Waals surface area contributed by atoms with E-state index in [0.29, 0.717) is 49.1 Å². The van der Waals surface area contributed by atoms with Crippen molar-refractivity contribution in [3.63, 3.8) is 0 Å². The van der Waals surface area contributed by atoms with Crippen molar-refractivity contribution in [2.24, 2.45) is 17.8 Å². The van der Waals surface area contributed by atoms with E-state index < -0.39 is 0 Å². The Balaban J connectivity index is 2.39. The molecule has 3 atom stereocenters. The Bertz CT molecular complexity index is 570. The van der Waals surface area contributed by atoms with Crippen molar-refractivity contribution in [2.75, 3.05) is 4.43 Å². The first-order chi connectivity index (χ1) is 14.9. The summed E-state index contributed by atoms with van der Waals surface area (Å²) >= 11 is 2.39. The van der Waals surface area contributed by atoms with Crippen LogP contribution in [0, 0.1) is 17.8 Å². The first kappa shape index (κ1) is 28.3. The van der Waals surface area contributed by atoms with Gasteiger partial charge in [-0.15, -0.1) is 0 Å². The largest absolute Gasteiger partial charge is 0.463 e. The minimum atomic E-state index is -0.144. The molecule has 3 unspecified atom stereocenters. The Morgan fingerprint density at radius 3 is 2.48 bits per heavy atom. The number of carbonyl (C=O) groups is 3. The van der Waals surface area contributed by atoms with E-state index in [9.17, 15) is 14.4 Å². The molecule has 0 aromatic carbocycles. The number of allylic oxidation sites excluding steroid dienone is 2. The molecule has 0 N–H and O–H groups in total. The molecule has 0 bridgehead atoms. The number of esters is 1. The maximum absolute atomic E-state index is 12.6. The van der Waals surface area contributed by atoms with Gasteiger partial charge >= 0.3 is 5.97 Å². The van der Waals surface area contributed by atoms with E-state index in [1.807, 2.05) is 13.8 Å². The van der Waals surface area contributed by atoms with Crippen LogP contribution in [0.2, 0.25) is 0 Å². The molecule has 0 radical (unpaired) electrons. The highest BCUT2D eigenvalue weighted by Crippen LogP contribution is 2.40. The number of halogens is 1. The molecule has 0 spiro atoms. The highest BCUT2D eigenvalue weighted by Gasteiger charge is 2.40. The van der Waals surface area contributed by atoms with Gasteiger partial charge in [0.2, 0.25) is 0 Å². The molecule has 1 aliphatic rings. The van der Waals surface area contributed by atoms with E-state index >= 15 is 0 Å². The zero-order valence-corrected chi connectivity index (χ0v) is 22.0. The van der Waals surface area contributed by atoms with Crippen LogP contribution in [0.4, 0.5) is 0 Å². The van der Waals surface area contributed by atoms with Gasteiger partial charge in [-0.1, -0.05) is 67.3 Å².